The molecule has 4 aliphatic rings. The van der Waals surface area contributed by atoms with Crippen LogP contribution in [0.1, 0.15) is 93.9 Å². The standard InChI is InChI=1S/C30H46O7/c1-25(2,36)12-11-21(33)30(8,37)23-19(32)14-27(5)20-10-9-16-17(13-18(31)24(35)26(16,3)4)29(20,7)22(34)15-28(23,27)6/h9,17-20,23,31-32,36-37H,10-15H2,1-8H3/t17-,18-,19+,20-,23+,27+,28+,29+,30-/m0/s1. The predicted molar refractivity (Wildman–Crippen MR) is 138 cm³/mol. The Morgan fingerprint density at radius 3 is 2.19 bits per heavy atom. The molecule has 0 bridgehead atoms. The number of carbonyl (C=O) groups excluding carboxylic acids is 3. The SMILES string of the molecule is CC(C)(O)CCC(=O)[C@](C)(O)[C@@H]1[C@H](O)C[C@]2(C)[C@@H]3CC=C4[C@H](C[C@H](O)C(=O)C4(C)C)[C@@]3(C)C(=O)C[C@]12C. The zero-order valence-electron chi connectivity index (χ0n) is 23.7. The minimum atomic E-state index is -1.86. The van der Waals surface area contributed by atoms with Gasteiger partial charge >= 0.3 is 0 Å². The van der Waals surface area contributed by atoms with Crippen LogP contribution in [-0.2, 0) is 14.4 Å². The Hall–Kier alpha value is -1.41. The number of aliphatic hydroxyl groups excluding tert-OH is 2. The van der Waals surface area contributed by atoms with Gasteiger partial charge in [0.2, 0.25) is 0 Å². The summed E-state index contributed by atoms with van der Waals surface area (Å²) in [4.78, 5) is 40.4. The van der Waals surface area contributed by atoms with E-state index in [4.69, 9.17) is 0 Å². The molecule has 3 fully saturated rings. The summed E-state index contributed by atoms with van der Waals surface area (Å²) in [6.45, 7) is 14.3. The van der Waals surface area contributed by atoms with Crippen molar-refractivity contribution in [1.29, 1.82) is 0 Å². The van der Waals surface area contributed by atoms with Gasteiger partial charge in [0, 0.05) is 29.6 Å². The fourth-order valence-electron chi connectivity index (χ4n) is 9.24. The Morgan fingerprint density at radius 1 is 1.03 bits per heavy atom. The lowest BCUT2D eigenvalue weighted by Gasteiger charge is -2.64. The molecular formula is C30H46O7. The van der Waals surface area contributed by atoms with Gasteiger partial charge in [-0.25, -0.2) is 0 Å². The maximum Gasteiger partial charge on any atom is 0.170 e. The van der Waals surface area contributed by atoms with Crippen LogP contribution < -0.4 is 0 Å². The van der Waals surface area contributed by atoms with Crippen molar-refractivity contribution in [3.63, 3.8) is 0 Å². The summed E-state index contributed by atoms with van der Waals surface area (Å²) >= 11 is 0. The molecule has 208 valence electrons. The van der Waals surface area contributed by atoms with Gasteiger partial charge < -0.3 is 20.4 Å². The van der Waals surface area contributed by atoms with E-state index in [0.29, 0.717) is 12.8 Å². The van der Waals surface area contributed by atoms with Crippen LogP contribution in [0.15, 0.2) is 11.6 Å². The second-order valence-electron chi connectivity index (χ2n) is 14.6. The summed E-state index contributed by atoms with van der Waals surface area (Å²) in [6.07, 6.45) is 1.33. The van der Waals surface area contributed by atoms with Gasteiger partial charge in [0.15, 0.2) is 11.6 Å². The number of rotatable bonds is 5. The number of ketones is 3. The first kappa shape index (κ1) is 28.6. The van der Waals surface area contributed by atoms with Gasteiger partial charge in [0.1, 0.15) is 17.5 Å². The number of fused-ring (bicyclic) bond motifs is 5. The van der Waals surface area contributed by atoms with E-state index in [-0.39, 0.29) is 49.1 Å². The van der Waals surface area contributed by atoms with Crippen molar-refractivity contribution in [2.24, 2.45) is 39.4 Å². The van der Waals surface area contributed by atoms with Gasteiger partial charge in [0.25, 0.3) is 0 Å². The monoisotopic (exact) mass is 518 g/mol. The molecule has 0 aliphatic heterocycles. The third kappa shape index (κ3) is 3.78. The highest BCUT2D eigenvalue weighted by Crippen LogP contribution is 2.74. The average molecular weight is 519 g/mol. The molecule has 0 spiro atoms. The van der Waals surface area contributed by atoms with Gasteiger partial charge in [-0.3, -0.25) is 14.4 Å². The zero-order valence-corrected chi connectivity index (χ0v) is 23.7. The summed E-state index contributed by atoms with van der Waals surface area (Å²) in [5, 5.41) is 43.9. The van der Waals surface area contributed by atoms with Crippen LogP contribution in [0.2, 0.25) is 0 Å². The predicted octanol–water partition coefficient (Wildman–Crippen LogP) is 3.15. The van der Waals surface area contributed by atoms with E-state index in [1.807, 2.05) is 27.7 Å². The highest BCUT2D eigenvalue weighted by atomic mass is 16.3. The lowest BCUT2D eigenvalue weighted by molar-refractivity contribution is -0.185. The summed E-state index contributed by atoms with van der Waals surface area (Å²) in [6, 6.07) is 0. The highest BCUT2D eigenvalue weighted by Gasteiger charge is 2.74. The lowest BCUT2D eigenvalue weighted by Crippen LogP contribution is -2.65. The number of allylic oxidation sites excluding steroid dienone is 2. The first-order chi connectivity index (χ1) is 16.7. The Balaban J connectivity index is 1.77. The highest BCUT2D eigenvalue weighted by molar-refractivity contribution is 5.95. The largest absolute Gasteiger partial charge is 0.393 e. The van der Waals surface area contributed by atoms with E-state index in [0.717, 1.165) is 5.57 Å². The van der Waals surface area contributed by atoms with Gasteiger partial charge in [-0.2, -0.15) is 0 Å². The van der Waals surface area contributed by atoms with Crippen molar-refractivity contribution >= 4 is 17.3 Å². The smallest absolute Gasteiger partial charge is 0.170 e. The Bertz CT molecular complexity index is 1050. The molecule has 9 atom stereocenters. The molecule has 4 N–H and O–H groups in total. The maximum atomic E-state index is 14.2. The summed E-state index contributed by atoms with van der Waals surface area (Å²) in [5.74, 6) is -1.96. The summed E-state index contributed by atoms with van der Waals surface area (Å²) < 4.78 is 0. The second-order valence-corrected chi connectivity index (χ2v) is 14.6. The Labute approximate surface area is 220 Å². The van der Waals surface area contributed by atoms with E-state index in [2.05, 4.69) is 13.0 Å². The molecule has 0 radical (unpaired) electrons. The van der Waals surface area contributed by atoms with Crippen LogP contribution in [0.3, 0.4) is 0 Å². The lowest BCUT2D eigenvalue weighted by atomic mass is 9.38. The fraction of sp³-hybridized carbons (Fsp3) is 0.833. The number of Topliss-reactive ketones (excluding diaryl/α,β-unsaturated/α-hetero) is 3. The molecule has 0 amide bonds. The molecule has 0 heterocycles. The Kier molecular flexibility index (Phi) is 6.41. The molecule has 0 unspecified atom stereocenters. The van der Waals surface area contributed by atoms with Crippen LogP contribution in [0, 0.1) is 39.4 Å². The van der Waals surface area contributed by atoms with Gasteiger partial charge in [0.05, 0.1) is 11.7 Å². The maximum absolute atomic E-state index is 14.2. The average Bonchev–Trinajstić information content (AvgIpc) is 2.96. The molecule has 37 heavy (non-hydrogen) atoms. The topological polar surface area (TPSA) is 132 Å². The van der Waals surface area contributed by atoms with Crippen LogP contribution in [0.25, 0.3) is 0 Å². The first-order valence-electron chi connectivity index (χ1n) is 13.8. The molecular weight excluding hydrogens is 472 g/mol. The molecule has 0 aromatic rings. The normalized spacial score (nSPS) is 44.9. The second kappa shape index (κ2) is 8.30. The number of carbonyl (C=O) groups is 3. The van der Waals surface area contributed by atoms with Crippen molar-refractivity contribution in [3.8, 4) is 0 Å². The number of hydrogen-bond donors (Lipinski definition) is 4. The van der Waals surface area contributed by atoms with Crippen LogP contribution in [0.4, 0.5) is 0 Å². The van der Waals surface area contributed by atoms with E-state index < -0.39 is 56.8 Å². The van der Waals surface area contributed by atoms with E-state index in [9.17, 15) is 34.8 Å². The third-order valence-electron chi connectivity index (χ3n) is 11.5. The molecule has 0 aromatic heterocycles. The van der Waals surface area contributed by atoms with E-state index in [1.54, 1.807) is 13.8 Å². The van der Waals surface area contributed by atoms with Crippen LogP contribution in [-0.4, -0.2) is 61.2 Å². The molecule has 0 aromatic carbocycles. The third-order valence-corrected chi connectivity index (χ3v) is 11.5. The van der Waals surface area contributed by atoms with Crippen LogP contribution in [0.5, 0.6) is 0 Å². The van der Waals surface area contributed by atoms with Crippen molar-refractivity contribution in [1.82, 2.24) is 0 Å². The number of aliphatic hydroxyl groups is 4. The molecule has 0 saturated heterocycles. The number of hydrogen-bond acceptors (Lipinski definition) is 7. The fourth-order valence-corrected chi connectivity index (χ4v) is 9.24. The molecule has 7 heteroatoms. The molecule has 7 nitrogen and oxygen atoms in total. The van der Waals surface area contributed by atoms with Crippen molar-refractivity contribution < 1.29 is 34.8 Å². The van der Waals surface area contributed by atoms with Gasteiger partial charge in [-0.1, -0.05) is 32.4 Å². The van der Waals surface area contributed by atoms with Gasteiger partial charge in [-0.15, -0.1) is 0 Å². The van der Waals surface area contributed by atoms with Gasteiger partial charge in [-0.05, 0) is 83.0 Å². The van der Waals surface area contributed by atoms with E-state index >= 15 is 0 Å². The molecule has 3 saturated carbocycles. The van der Waals surface area contributed by atoms with Crippen molar-refractivity contribution in [2.75, 3.05) is 0 Å². The van der Waals surface area contributed by atoms with Crippen molar-refractivity contribution in [2.45, 2.75) is 117 Å². The van der Waals surface area contributed by atoms with Crippen molar-refractivity contribution in [3.05, 3.63) is 11.6 Å². The molecule has 4 aliphatic carbocycles. The quantitative estimate of drug-likeness (QED) is 0.411. The summed E-state index contributed by atoms with van der Waals surface area (Å²) in [7, 11) is 0. The molecule has 4 rings (SSSR count). The minimum absolute atomic E-state index is 0.00395. The first-order valence-corrected chi connectivity index (χ1v) is 13.8. The van der Waals surface area contributed by atoms with E-state index in [1.165, 1.54) is 6.92 Å². The zero-order chi connectivity index (χ0) is 28.1. The minimum Gasteiger partial charge on any atom is -0.393 e. The van der Waals surface area contributed by atoms with Crippen LogP contribution >= 0.6 is 0 Å². The summed E-state index contributed by atoms with van der Waals surface area (Å²) in [5.41, 5.74) is -5.10. The Morgan fingerprint density at radius 2 is 1.62 bits per heavy atom.